The van der Waals surface area contributed by atoms with Crippen LogP contribution in [0, 0.1) is 0 Å². The summed E-state index contributed by atoms with van der Waals surface area (Å²) in [7, 11) is 1.57. The van der Waals surface area contributed by atoms with E-state index in [2.05, 4.69) is 25.6 Å². The standard InChI is InChI=1S/C24H21N7O2/c1-15-20(23(32)28-17-7-3-4-9-19(17)33-2)21(18-8-5-6-12-26-18)31-24(27-15)29-22(30-31)16-10-13-25-14-11-16/h3-14,21H,1-2H3,(H,28,32)(H,27,29,30). The fraction of sp³-hybridized carbons (Fsp3) is 0.125. The minimum absolute atomic E-state index is 0.285. The van der Waals surface area contributed by atoms with E-state index in [4.69, 9.17) is 9.84 Å². The van der Waals surface area contributed by atoms with Gasteiger partial charge in [-0.1, -0.05) is 18.2 Å². The zero-order valence-electron chi connectivity index (χ0n) is 18.1. The Morgan fingerprint density at radius 2 is 1.85 bits per heavy atom. The third kappa shape index (κ3) is 3.80. The third-order valence-electron chi connectivity index (χ3n) is 5.36. The van der Waals surface area contributed by atoms with Crippen LogP contribution in [0.25, 0.3) is 11.4 Å². The van der Waals surface area contributed by atoms with Gasteiger partial charge in [-0.15, -0.1) is 5.10 Å². The molecule has 2 N–H and O–H groups in total. The van der Waals surface area contributed by atoms with E-state index < -0.39 is 6.04 Å². The average molecular weight is 439 g/mol. The average Bonchev–Trinajstić information content (AvgIpc) is 3.28. The normalized spacial score (nSPS) is 14.9. The molecule has 164 valence electrons. The Balaban J connectivity index is 1.59. The molecule has 0 bridgehead atoms. The van der Waals surface area contributed by atoms with Gasteiger partial charge in [-0.2, -0.15) is 4.98 Å². The lowest BCUT2D eigenvalue weighted by molar-refractivity contribution is -0.113. The van der Waals surface area contributed by atoms with E-state index in [1.54, 1.807) is 42.5 Å². The van der Waals surface area contributed by atoms with Crippen LogP contribution in [-0.4, -0.2) is 37.7 Å². The van der Waals surface area contributed by atoms with Gasteiger partial charge < -0.3 is 15.4 Å². The number of fused-ring (bicyclic) bond motifs is 1. The first-order chi connectivity index (χ1) is 16.2. The number of hydrogen-bond acceptors (Lipinski definition) is 7. The summed E-state index contributed by atoms with van der Waals surface area (Å²) in [6, 6.07) is 16.0. The van der Waals surface area contributed by atoms with Crippen LogP contribution in [0.15, 0.2) is 84.5 Å². The first-order valence-electron chi connectivity index (χ1n) is 10.4. The van der Waals surface area contributed by atoms with Crippen molar-refractivity contribution in [1.82, 2.24) is 24.7 Å². The van der Waals surface area contributed by atoms with Gasteiger partial charge in [0.05, 0.1) is 24.1 Å². The van der Waals surface area contributed by atoms with Crippen LogP contribution in [-0.2, 0) is 4.79 Å². The lowest BCUT2D eigenvalue weighted by Gasteiger charge is -2.28. The number of carbonyl (C=O) groups is 1. The molecule has 0 radical (unpaired) electrons. The molecule has 1 aliphatic heterocycles. The number of ether oxygens (including phenoxy) is 1. The zero-order valence-corrected chi connectivity index (χ0v) is 18.1. The molecule has 0 saturated carbocycles. The number of para-hydroxylation sites is 2. The van der Waals surface area contributed by atoms with Gasteiger partial charge in [0.25, 0.3) is 5.91 Å². The molecule has 0 saturated heterocycles. The maximum atomic E-state index is 13.6. The lowest BCUT2D eigenvalue weighted by atomic mass is 9.98. The number of rotatable bonds is 5. The second-order valence-corrected chi connectivity index (χ2v) is 7.41. The third-order valence-corrected chi connectivity index (χ3v) is 5.36. The molecule has 9 nitrogen and oxygen atoms in total. The van der Waals surface area contributed by atoms with Crippen molar-refractivity contribution in [3.63, 3.8) is 0 Å². The van der Waals surface area contributed by atoms with E-state index in [0.717, 1.165) is 5.56 Å². The van der Waals surface area contributed by atoms with Crippen LogP contribution in [0.4, 0.5) is 11.6 Å². The minimum atomic E-state index is -0.569. The number of methoxy groups -OCH3 is 1. The molecule has 1 unspecified atom stereocenters. The van der Waals surface area contributed by atoms with Crippen LogP contribution in [0.2, 0.25) is 0 Å². The van der Waals surface area contributed by atoms with Crippen LogP contribution in [0.3, 0.4) is 0 Å². The number of hydrogen-bond donors (Lipinski definition) is 2. The van der Waals surface area contributed by atoms with Gasteiger partial charge in [0.15, 0.2) is 5.82 Å². The first kappa shape index (κ1) is 20.4. The highest BCUT2D eigenvalue weighted by molar-refractivity contribution is 6.06. The first-order valence-corrected chi connectivity index (χ1v) is 10.4. The quantitative estimate of drug-likeness (QED) is 0.489. The zero-order chi connectivity index (χ0) is 22.8. The summed E-state index contributed by atoms with van der Waals surface area (Å²) in [5.41, 5.74) is 3.23. The molecular formula is C24H21N7O2. The van der Waals surface area contributed by atoms with Crippen LogP contribution in [0.5, 0.6) is 5.75 Å². The number of aromatic nitrogens is 5. The molecule has 1 atom stereocenters. The van der Waals surface area contributed by atoms with Gasteiger partial charge >= 0.3 is 0 Å². The fourth-order valence-electron chi connectivity index (χ4n) is 3.82. The minimum Gasteiger partial charge on any atom is -0.495 e. The molecule has 4 heterocycles. The summed E-state index contributed by atoms with van der Waals surface area (Å²) in [5.74, 6) is 1.35. The Morgan fingerprint density at radius 3 is 2.61 bits per heavy atom. The summed E-state index contributed by atoms with van der Waals surface area (Å²) in [6.45, 7) is 1.84. The molecule has 1 aromatic carbocycles. The fourth-order valence-corrected chi connectivity index (χ4v) is 3.82. The van der Waals surface area contributed by atoms with Gasteiger partial charge in [0, 0.05) is 29.9 Å². The van der Waals surface area contributed by atoms with Crippen molar-refractivity contribution < 1.29 is 9.53 Å². The van der Waals surface area contributed by atoms with Gasteiger partial charge in [0.1, 0.15) is 11.8 Å². The lowest BCUT2D eigenvalue weighted by Crippen LogP contribution is -2.32. The molecule has 0 aliphatic carbocycles. The van der Waals surface area contributed by atoms with Crippen molar-refractivity contribution in [2.75, 3.05) is 17.7 Å². The molecule has 0 spiro atoms. The number of benzene rings is 1. The Kier molecular flexibility index (Phi) is 5.27. The number of amides is 1. The molecule has 5 rings (SSSR count). The number of allylic oxidation sites excluding steroid dienone is 1. The van der Waals surface area contributed by atoms with Gasteiger partial charge in [-0.3, -0.25) is 14.8 Å². The van der Waals surface area contributed by atoms with Crippen LogP contribution in [0.1, 0.15) is 18.7 Å². The van der Waals surface area contributed by atoms with Crippen molar-refractivity contribution >= 4 is 17.5 Å². The van der Waals surface area contributed by atoms with E-state index in [-0.39, 0.29) is 5.91 Å². The second kappa shape index (κ2) is 8.54. The van der Waals surface area contributed by atoms with Crippen molar-refractivity contribution in [3.8, 4) is 17.1 Å². The number of nitrogens with one attached hydrogen (secondary N) is 2. The van der Waals surface area contributed by atoms with E-state index >= 15 is 0 Å². The van der Waals surface area contributed by atoms with Gasteiger partial charge in [-0.05, 0) is 43.3 Å². The Labute approximate surface area is 190 Å². The molecule has 33 heavy (non-hydrogen) atoms. The summed E-state index contributed by atoms with van der Waals surface area (Å²) in [5, 5.41) is 10.9. The number of nitrogens with zero attached hydrogens (tertiary/aromatic N) is 5. The molecule has 9 heteroatoms. The maximum absolute atomic E-state index is 13.6. The van der Waals surface area contributed by atoms with E-state index in [9.17, 15) is 4.79 Å². The van der Waals surface area contributed by atoms with E-state index in [1.165, 1.54) is 0 Å². The second-order valence-electron chi connectivity index (χ2n) is 7.41. The van der Waals surface area contributed by atoms with Crippen LogP contribution >= 0.6 is 0 Å². The maximum Gasteiger partial charge on any atom is 0.256 e. The van der Waals surface area contributed by atoms with Crippen molar-refractivity contribution in [1.29, 1.82) is 0 Å². The van der Waals surface area contributed by atoms with E-state index in [0.29, 0.717) is 40.2 Å². The number of anilines is 2. The Hall–Kier alpha value is -4.53. The monoisotopic (exact) mass is 439 g/mol. The van der Waals surface area contributed by atoms with Crippen molar-refractivity contribution in [2.45, 2.75) is 13.0 Å². The number of carbonyl (C=O) groups excluding carboxylic acids is 1. The summed E-state index contributed by atoms with van der Waals surface area (Å²) in [4.78, 5) is 26.8. The molecule has 1 aliphatic rings. The highest BCUT2D eigenvalue weighted by atomic mass is 16.5. The Morgan fingerprint density at radius 1 is 1.06 bits per heavy atom. The predicted octanol–water partition coefficient (Wildman–Crippen LogP) is 3.67. The largest absolute Gasteiger partial charge is 0.495 e. The summed E-state index contributed by atoms with van der Waals surface area (Å²) in [6.07, 6.45) is 5.08. The molecule has 0 fully saturated rings. The highest BCUT2D eigenvalue weighted by Gasteiger charge is 2.35. The van der Waals surface area contributed by atoms with Crippen LogP contribution < -0.4 is 15.4 Å². The predicted molar refractivity (Wildman–Crippen MR) is 124 cm³/mol. The SMILES string of the molecule is COc1ccccc1NC(=O)C1=C(C)Nc2nc(-c3ccncc3)nn2C1c1ccccn1. The number of pyridine rings is 2. The topological polar surface area (TPSA) is 107 Å². The molecule has 1 amide bonds. The highest BCUT2D eigenvalue weighted by Crippen LogP contribution is 2.36. The van der Waals surface area contributed by atoms with E-state index in [1.807, 2.05) is 49.4 Å². The van der Waals surface area contributed by atoms with Crippen molar-refractivity contribution in [3.05, 3.63) is 90.2 Å². The molecule has 3 aromatic heterocycles. The summed E-state index contributed by atoms with van der Waals surface area (Å²) >= 11 is 0. The smallest absolute Gasteiger partial charge is 0.256 e. The van der Waals surface area contributed by atoms with Gasteiger partial charge in [-0.25, -0.2) is 4.68 Å². The Bertz CT molecular complexity index is 1330. The summed E-state index contributed by atoms with van der Waals surface area (Å²) < 4.78 is 7.09. The molecule has 4 aromatic rings. The van der Waals surface area contributed by atoms with Crippen molar-refractivity contribution in [2.24, 2.45) is 0 Å². The van der Waals surface area contributed by atoms with Gasteiger partial charge in [0.2, 0.25) is 5.95 Å². The molecular weight excluding hydrogens is 418 g/mol.